The van der Waals surface area contributed by atoms with Crippen LogP contribution in [0.25, 0.3) is 0 Å². The first kappa shape index (κ1) is 14.9. The fourth-order valence-corrected chi connectivity index (χ4v) is 4.74. The van der Waals surface area contributed by atoms with Crippen LogP contribution in [-0.4, -0.2) is 54.0 Å². The van der Waals surface area contributed by atoms with Gasteiger partial charge in [0.15, 0.2) is 9.84 Å². The molecule has 0 aromatic heterocycles. The van der Waals surface area contributed by atoms with Gasteiger partial charge >= 0.3 is 6.09 Å². The maximum atomic E-state index is 13.0. The number of carbonyl (C=O) groups excluding carboxylic acids is 1. The van der Waals surface area contributed by atoms with Crippen molar-refractivity contribution in [1.82, 2.24) is 10.6 Å². The van der Waals surface area contributed by atoms with Crippen molar-refractivity contribution in [3.05, 3.63) is 0 Å². The molecule has 10 heteroatoms. The first-order chi connectivity index (χ1) is 8.87. The van der Waals surface area contributed by atoms with Crippen LogP contribution >= 0.6 is 0 Å². The van der Waals surface area contributed by atoms with E-state index in [1.54, 1.807) is 0 Å². The average molecular weight is 312 g/mol. The minimum atomic E-state index is -3.21. The summed E-state index contributed by atoms with van der Waals surface area (Å²) in [6.07, 6.45) is -3.44. The highest BCUT2D eigenvalue weighted by Gasteiger charge is 2.63. The summed E-state index contributed by atoms with van der Waals surface area (Å²) in [6, 6.07) is 0. The van der Waals surface area contributed by atoms with Crippen LogP contribution in [0, 0.1) is 0 Å². The van der Waals surface area contributed by atoms with Gasteiger partial charge in [0.05, 0.1) is 17.0 Å². The average Bonchev–Trinajstić information content (AvgIpc) is 2.08. The number of carbonyl (C=O) groups is 2. The van der Waals surface area contributed by atoms with Crippen LogP contribution in [0.2, 0.25) is 0 Å². The molecule has 1 aliphatic heterocycles. The lowest BCUT2D eigenvalue weighted by Gasteiger charge is -2.48. The number of amides is 2. The Labute approximate surface area is 113 Å². The second-order valence-corrected chi connectivity index (χ2v) is 7.83. The standard InChI is InChI=1S/C10H14F2N2O5S/c1-8(4-20(18,19)5-8)13-6(15)9(14-7(16)17)2-10(11,12)3-9/h14H,2-5H2,1H3,(H,13,15)(H,16,17). The molecule has 0 spiro atoms. The SMILES string of the molecule is CC1(NC(=O)C2(NC(=O)O)CC(F)(F)C2)CS(=O)(=O)C1. The molecule has 2 amide bonds. The predicted octanol–water partition coefficient (Wildman–Crippen LogP) is -0.275. The normalized spacial score (nSPS) is 27.6. The minimum absolute atomic E-state index is 0.286. The number of sulfone groups is 1. The number of hydrogen-bond acceptors (Lipinski definition) is 4. The Morgan fingerprint density at radius 2 is 1.65 bits per heavy atom. The largest absolute Gasteiger partial charge is 0.465 e. The molecule has 20 heavy (non-hydrogen) atoms. The summed E-state index contributed by atoms with van der Waals surface area (Å²) in [5, 5.41) is 12.8. The van der Waals surface area contributed by atoms with Gasteiger partial charge in [-0.2, -0.15) is 0 Å². The molecule has 114 valence electrons. The molecule has 1 saturated heterocycles. The monoisotopic (exact) mass is 312 g/mol. The van der Waals surface area contributed by atoms with Crippen LogP contribution < -0.4 is 10.6 Å². The van der Waals surface area contributed by atoms with Gasteiger partial charge in [-0.1, -0.05) is 0 Å². The molecular weight excluding hydrogens is 298 g/mol. The van der Waals surface area contributed by atoms with Crippen LogP contribution in [0.3, 0.4) is 0 Å². The van der Waals surface area contributed by atoms with Crippen LogP contribution in [0.15, 0.2) is 0 Å². The van der Waals surface area contributed by atoms with Crippen LogP contribution in [0.1, 0.15) is 19.8 Å². The second kappa shape index (κ2) is 4.03. The van der Waals surface area contributed by atoms with Gasteiger partial charge in [0.2, 0.25) is 5.91 Å². The number of nitrogens with one attached hydrogen (secondary N) is 2. The van der Waals surface area contributed by atoms with Crippen molar-refractivity contribution in [3.8, 4) is 0 Å². The zero-order valence-corrected chi connectivity index (χ0v) is 11.4. The molecule has 3 N–H and O–H groups in total. The summed E-state index contributed by atoms with van der Waals surface area (Å²) in [5.41, 5.74) is -2.92. The fourth-order valence-electron chi connectivity index (χ4n) is 2.74. The zero-order chi connectivity index (χ0) is 15.4. The predicted molar refractivity (Wildman–Crippen MR) is 63.3 cm³/mol. The first-order valence-electron chi connectivity index (χ1n) is 5.79. The number of hydrogen-bond donors (Lipinski definition) is 3. The van der Waals surface area contributed by atoms with Crippen molar-refractivity contribution in [2.45, 2.75) is 36.8 Å². The number of rotatable bonds is 3. The lowest BCUT2D eigenvalue weighted by Crippen LogP contribution is -2.74. The van der Waals surface area contributed by atoms with Gasteiger partial charge in [0.25, 0.3) is 5.92 Å². The third kappa shape index (κ3) is 2.69. The zero-order valence-electron chi connectivity index (χ0n) is 10.6. The van der Waals surface area contributed by atoms with Crippen molar-refractivity contribution < 1.29 is 31.9 Å². The Kier molecular flexibility index (Phi) is 3.01. The Morgan fingerprint density at radius 1 is 1.15 bits per heavy atom. The van der Waals surface area contributed by atoms with E-state index >= 15 is 0 Å². The van der Waals surface area contributed by atoms with E-state index in [0.29, 0.717) is 0 Å². The van der Waals surface area contributed by atoms with Crippen LogP contribution in [-0.2, 0) is 14.6 Å². The quantitative estimate of drug-likeness (QED) is 0.664. The van der Waals surface area contributed by atoms with Gasteiger partial charge in [-0.25, -0.2) is 22.0 Å². The summed E-state index contributed by atoms with van der Waals surface area (Å²) in [7, 11) is -3.21. The second-order valence-electron chi connectivity index (χ2n) is 5.77. The maximum Gasteiger partial charge on any atom is 0.405 e. The van der Waals surface area contributed by atoms with E-state index in [1.807, 2.05) is 5.32 Å². The Hall–Kier alpha value is -1.45. The third-order valence-electron chi connectivity index (χ3n) is 3.39. The summed E-state index contributed by atoms with van der Waals surface area (Å²) < 4.78 is 48.2. The molecule has 0 aromatic rings. The maximum absolute atomic E-state index is 13.0. The Balaban J connectivity index is 2.08. The van der Waals surface area contributed by atoms with Crippen molar-refractivity contribution >= 4 is 21.8 Å². The molecule has 0 bridgehead atoms. The number of halogens is 2. The topological polar surface area (TPSA) is 113 Å². The minimum Gasteiger partial charge on any atom is -0.465 e. The summed E-state index contributed by atoms with van der Waals surface area (Å²) in [5.74, 6) is -4.59. The van der Waals surface area contributed by atoms with Gasteiger partial charge in [0, 0.05) is 12.8 Å². The van der Waals surface area contributed by atoms with Gasteiger partial charge in [-0.15, -0.1) is 0 Å². The van der Waals surface area contributed by atoms with E-state index in [2.05, 4.69) is 5.32 Å². The van der Waals surface area contributed by atoms with E-state index in [0.717, 1.165) is 0 Å². The number of carboxylic acid groups (broad SMARTS) is 1. The fraction of sp³-hybridized carbons (Fsp3) is 0.800. The molecule has 0 atom stereocenters. The third-order valence-corrected chi connectivity index (χ3v) is 5.55. The van der Waals surface area contributed by atoms with Crippen molar-refractivity contribution in [2.75, 3.05) is 11.5 Å². The Morgan fingerprint density at radius 3 is 2.00 bits per heavy atom. The molecule has 2 rings (SSSR count). The van der Waals surface area contributed by atoms with E-state index in [-0.39, 0.29) is 11.5 Å². The van der Waals surface area contributed by atoms with Gasteiger partial charge in [-0.05, 0) is 6.92 Å². The van der Waals surface area contributed by atoms with Crippen LogP contribution in [0.4, 0.5) is 13.6 Å². The first-order valence-corrected chi connectivity index (χ1v) is 7.61. The van der Waals surface area contributed by atoms with Gasteiger partial charge in [-0.3, -0.25) is 4.79 Å². The summed E-state index contributed by atoms with van der Waals surface area (Å²) in [4.78, 5) is 22.7. The highest BCUT2D eigenvalue weighted by atomic mass is 32.2. The molecule has 1 aliphatic carbocycles. The molecule has 0 unspecified atom stereocenters. The van der Waals surface area contributed by atoms with Crippen molar-refractivity contribution in [2.24, 2.45) is 0 Å². The molecule has 2 fully saturated rings. The molecule has 1 heterocycles. The van der Waals surface area contributed by atoms with E-state index in [9.17, 15) is 26.8 Å². The van der Waals surface area contributed by atoms with E-state index in [4.69, 9.17) is 5.11 Å². The summed E-state index contributed by atoms with van der Waals surface area (Å²) >= 11 is 0. The van der Waals surface area contributed by atoms with Crippen LogP contribution in [0.5, 0.6) is 0 Å². The molecule has 0 aromatic carbocycles. The number of alkyl halides is 2. The van der Waals surface area contributed by atoms with Crippen molar-refractivity contribution in [3.63, 3.8) is 0 Å². The lowest BCUT2D eigenvalue weighted by atomic mass is 9.72. The highest BCUT2D eigenvalue weighted by Crippen LogP contribution is 2.46. The van der Waals surface area contributed by atoms with Crippen molar-refractivity contribution in [1.29, 1.82) is 0 Å². The Bertz CT molecular complexity index is 554. The molecule has 2 aliphatic rings. The molecule has 1 saturated carbocycles. The summed E-state index contributed by atoms with van der Waals surface area (Å²) in [6.45, 7) is 1.47. The lowest BCUT2D eigenvalue weighted by molar-refractivity contribution is -0.162. The molecule has 7 nitrogen and oxygen atoms in total. The van der Waals surface area contributed by atoms with E-state index < -0.39 is 51.7 Å². The molecule has 0 radical (unpaired) electrons. The van der Waals surface area contributed by atoms with Gasteiger partial charge in [0.1, 0.15) is 5.54 Å². The van der Waals surface area contributed by atoms with Gasteiger partial charge < -0.3 is 15.7 Å². The smallest absolute Gasteiger partial charge is 0.405 e. The molecular formula is C10H14F2N2O5S. The van der Waals surface area contributed by atoms with E-state index in [1.165, 1.54) is 6.92 Å². The highest BCUT2D eigenvalue weighted by molar-refractivity contribution is 7.93.